The Morgan fingerprint density at radius 3 is 2.04 bits per heavy atom. The summed E-state index contributed by atoms with van der Waals surface area (Å²) >= 11 is 0. The van der Waals surface area contributed by atoms with Crippen molar-refractivity contribution in [2.45, 2.75) is 44.3 Å². The molecule has 0 nitrogen and oxygen atoms in total. The maximum absolute atomic E-state index is 2.64. The first-order chi connectivity index (χ1) is 11.4. The molecule has 0 unspecified atom stereocenters. The van der Waals surface area contributed by atoms with Gasteiger partial charge < -0.3 is 0 Å². The molecule has 5 rings (SSSR count). The molecule has 2 aromatic rings. The minimum Gasteiger partial charge on any atom is -0.0984 e. The van der Waals surface area contributed by atoms with Gasteiger partial charge in [0.1, 0.15) is 0 Å². The van der Waals surface area contributed by atoms with Gasteiger partial charge in [-0.25, -0.2) is 0 Å². The van der Waals surface area contributed by atoms with Crippen molar-refractivity contribution in [3.8, 4) is 11.1 Å². The predicted molar refractivity (Wildman–Crippen MR) is 105 cm³/mol. The third-order valence-corrected chi connectivity index (χ3v) is 7.76. The molecular formula is C23H26Si. The van der Waals surface area contributed by atoms with Crippen LogP contribution < -0.4 is 0 Å². The zero-order valence-electron chi connectivity index (χ0n) is 15.0. The Hall–Kier alpha value is -1.60. The maximum atomic E-state index is 2.64. The molecule has 0 N–H and O–H groups in total. The van der Waals surface area contributed by atoms with Gasteiger partial charge >= 0.3 is 0 Å². The fraction of sp³-hybridized carbons (Fsp3) is 0.391. The average molecular weight is 331 g/mol. The number of hydrogen-bond donors (Lipinski definition) is 0. The van der Waals surface area contributed by atoms with Crippen LogP contribution in [0.3, 0.4) is 0 Å². The van der Waals surface area contributed by atoms with Crippen molar-refractivity contribution in [1.29, 1.82) is 0 Å². The van der Waals surface area contributed by atoms with Gasteiger partial charge in [0.25, 0.3) is 0 Å². The van der Waals surface area contributed by atoms with Crippen LogP contribution in [-0.4, -0.2) is 8.07 Å². The molecule has 3 aliphatic rings. The minimum absolute atomic E-state index is 0.278. The lowest BCUT2D eigenvalue weighted by Gasteiger charge is -2.30. The monoisotopic (exact) mass is 330 g/mol. The normalized spacial score (nSPS) is 28.9. The fourth-order valence-corrected chi connectivity index (χ4v) is 6.28. The zero-order chi connectivity index (χ0) is 16.6. The molecular weight excluding hydrogens is 304 g/mol. The standard InChI is InChI=1S/C23H26Si/c1-24(2,3)13-12-22-14-17(22)15-23(16-22)20-10-6-4-8-18(20)19-9-5-7-11-21(19)23/h4-13,17H,14-16H2,1-3H3/b13-12+/t17-,22+/m0/s1. The van der Waals surface area contributed by atoms with Gasteiger partial charge in [0, 0.05) is 5.41 Å². The van der Waals surface area contributed by atoms with Crippen molar-refractivity contribution < 1.29 is 0 Å². The van der Waals surface area contributed by atoms with E-state index in [2.05, 4.69) is 79.9 Å². The van der Waals surface area contributed by atoms with Crippen LogP contribution in [0.5, 0.6) is 0 Å². The summed E-state index contributed by atoms with van der Waals surface area (Å²) < 4.78 is 0. The van der Waals surface area contributed by atoms with Gasteiger partial charge in [0.05, 0.1) is 8.07 Å². The summed E-state index contributed by atoms with van der Waals surface area (Å²) in [5, 5.41) is 0. The number of allylic oxidation sites excluding steroid dienone is 1. The van der Waals surface area contributed by atoms with Crippen molar-refractivity contribution in [2.24, 2.45) is 11.3 Å². The SMILES string of the molecule is C[Si](C)(C)/C=C/[C@]12C[C@H]1CC1(C2)c2ccccc2-c2ccccc21. The van der Waals surface area contributed by atoms with Gasteiger partial charge in [0.2, 0.25) is 0 Å². The molecule has 0 aliphatic heterocycles. The zero-order valence-corrected chi connectivity index (χ0v) is 16.0. The first-order valence-electron chi connectivity index (χ1n) is 9.33. The molecule has 0 radical (unpaired) electrons. The summed E-state index contributed by atoms with van der Waals surface area (Å²) in [6.45, 7) is 7.34. The largest absolute Gasteiger partial charge is 0.0984 e. The van der Waals surface area contributed by atoms with E-state index in [1.807, 2.05) is 0 Å². The van der Waals surface area contributed by atoms with Gasteiger partial charge in [-0.1, -0.05) is 79.9 Å². The molecule has 1 heteroatoms. The second kappa shape index (κ2) is 4.52. The lowest BCUT2D eigenvalue weighted by molar-refractivity contribution is 0.458. The van der Waals surface area contributed by atoms with E-state index in [1.165, 1.54) is 30.4 Å². The van der Waals surface area contributed by atoms with Gasteiger partial charge in [-0.05, 0) is 52.8 Å². The van der Waals surface area contributed by atoms with Gasteiger partial charge in [-0.15, -0.1) is 0 Å². The average Bonchev–Trinajstić information content (AvgIpc) is 3.03. The molecule has 2 atom stereocenters. The Labute approximate surface area is 146 Å². The van der Waals surface area contributed by atoms with E-state index >= 15 is 0 Å². The molecule has 0 bridgehead atoms. The van der Waals surface area contributed by atoms with Crippen LogP contribution in [0.25, 0.3) is 11.1 Å². The highest BCUT2D eigenvalue weighted by molar-refractivity contribution is 6.80. The lowest BCUT2D eigenvalue weighted by atomic mass is 9.73. The van der Waals surface area contributed by atoms with Crippen molar-refractivity contribution in [3.05, 3.63) is 71.4 Å². The topological polar surface area (TPSA) is 0 Å². The third-order valence-electron chi connectivity index (χ3n) is 6.60. The van der Waals surface area contributed by atoms with Crippen LogP contribution in [0.4, 0.5) is 0 Å². The van der Waals surface area contributed by atoms with Crippen molar-refractivity contribution in [3.63, 3.8) is 0 Å². The van der Waals surface area contributed by atoms with Crippen LogP contribution in [0.1, 0.15) is 30.4 Å². The smallest absolute Gasteiger partial charge is 0.0683 e. The molecule has 24 heavy (non-hydrogen) atoms. The van der Waals surface area contributed by atoms with Crippen molar-refractivity contribution >= 4 is 8.07 Å². The number of hydrogen-bond acceptors (Lipinski definition) is 0. The van der Waals surface area contributed by atoms with E-state index in [0.29, 0.717) is 5.41 Å². The first kappa shape index (κ1) is 14.7. The molecule has 0 saturated heterocycles. The van der Waals surface area contributed by atoms with Crippen LogP contribution >= 0.6 is 0 Å². The summed E-state index contributed by atoms with van der Waals surface area (Å²) in [5.41, 5.74) is 9.53. The molecule has 2 fully saturated rings. The highest BCUT2D eigenvalue weighted by atomic mass is 28.3. The van der Waals surface area contributed by atoms with Gasteiger partial charge in [-0.3, -0.25) is 0 Å². The minimum atomic E-state index is -1.12. The number of rotatable bonds is 2. The predicted octanol–water partition coefficient (Wildman–Crippen LogP) is 6.19. The fourth-order valence-electron chi connectivity index (χ4n) is 5.45. The Kier molecular flexibility index (Phi) is 2.77. The van der Waals surface area contributed by atoms with E-state index in [1.54, 1.807) is 11.1 Å². The molecule has 1 spiro atoms. The Morgan fingerprint density at radius 2 is 1.46 bits per heavy atom. The van der Waals surface area contributed by atoms with E-state index in [9.17, 15) is 0 Å². The summed E-state index contributed by atoms with van der Waals surface area (Å²) in [6.07, 6.45) is 6.72. The summed E-state index contributed by atoms with van der Waals surface area (Å²) in [5.74, 6) is 0.893. The number of benzene rings is 2. The molecule has 0 amide bonds. The first-order valence-corrected chi connectivity index (χ1v) is 12.9. The summed E-state index contributed by atoms with van der Waals surface area (Å²) in [6, 6.07) is 18.3. The quantitative estimate of drug-likeness (QED) is 0.576. The van der Waals surface area contributed by atoms with Crippen LogP contribution in [-0.2, 0) is 5.41 Å². The second-order valence-electron chi connectivity index (χ2n) is 9.39. The lowest BCUT2D eigenvalue weighted by Crippen LogP contribution is -2.24. The van der Waals surface area contributed by atoms with Crippen LogP contribution in [0.2, 0.25) is 19.6 Å². The Morgan fingerprint density at radius 1 is 0.875 bits per heavy atom. The van der Waals surface area contributed by atoms with Crippen LogP contribution in [0.15, 0.2) is 60.3 Å². The molecule has 2 saturated carbocycles. The maximum Gasteiger partial charge on any atom is 0.0683 e. The third kappa shape index (κ3) is 1.91. The number of fused-ring (bicyclic) bond motifs is 6. The summed E-state index contributed by atoms with van der Waals surface area (Å²) in [7, 11) is -1.12. The van der Waals surface area contributed by atoms with E-state index in [0.717, 1.165) is 5.92 Å². The van der Waals surface area contributed by atoms with E-state index < -0.39 is 8.07 Å². The van der Waals surface area contributed by atoms with E-state index in [-0.39, 0.29) is 5.41 Å². The van der Waals surface area contributed by atoms with E-state index in [4.69, 9.17) is 0 Å². The van der Waals surface area contributed by atoms with Crippen molar-refractivity contribution in [1.82, 2.24) is 0 Å². The summed E-state index contributed by atoms with van der Waals surface area (Å²) in [4.78, 5) is 0. The van der Waals surface area contributed by atoms with Gasteiger partial charge in [-0.2, -0.15) is 0 Å². The van der Waals surface area contributed by atoms with Crippen LogP contribution in [0, 0.1) is 11.3 Å². The Bertz CT molecular complexity index is 809. The second-order valence-corrected chi connectivity index (χ2v) is 14.5. The van der Waals surface area contributed by atoms with Crippen molar-refractivity contribution in [2.75, 3.05) is 0 Å². The molecule has 0 heterocycles. The molecule has 2 aromatic carbocycles. The van der Waals surface area contributed by atoms with Gasteiger partial charge in [0.15, 0.2) is 0 Å². The highest BCUT2D eigenvalue weighted by Gasteiger charge is 2.66. The molecule has 0 aromatic heterocycles. The molecule has 122 valence electrons. The highest BCUT2D eigenvalue weighted by Crippen LogP contribution is 2.74. The Balaban J connectivity index is 1.62. The molecule has 3 aliphatic carbocycles.